The molecule has 1 aliphatic carbocycles. The second kappa shape index (κ2) is 6.10. The predicted molar refractivity (Wildman–Crippen MR) is 81.8 cm³/mol. The zero-order valence-electron chi connectivity index (χ0n) is 12.9. The van der Waals surface area contributed by atoms with Crippen molar-refractivity contribution in [2.24, 2.45) is 11.8 Å². The van der Waals surface area contributed by atoms with Gasteiger partial charge in [-0.25, -0.2) is 4.39 Å². The van der Waals surface area contributed by atoms with Crippen LogP contribution in [0.15, 0.2) is 24.3 Å². The van der Waals surface area contributed by atoms with Gasteiger partial charge in [-0.15, -0.1) is 0 Å². The van der Waals surface area contributed by atoms with Gasteiger partial charge in [0, 0.05) is 5.69 Å². The van der Waals surface area contributed by atoms with Gasteiger partial charge in [-0.3, -0.25) is 19.3 Å². The van der Waals surface area contributed by atoms with E-state index in [0.717, 1.165) is 30.6 Å². The minimum absolute atomic E-state index is 0.235. The summed E-state index contributed by atoms with van der Waals surface area (Å²) in [5.41, 5.74) is 0.430. The van der Waals surface area contributed by atoms with Crippen molar-refractivity contribution in [3.05, 3.63) is 30.1 Å². The quantitative estimate of drug-likeness (QED) is 0.870. The number of imide groups is 1. The molecule has 3 unspecified atom stereocenters. The lowest BCUT2D eigenvalue weighted by Crippen LogP contribution is -2.46. The Morgan fingerprint density at radius 1 is 1.13 bits per heavy atom. The fraction of sp³-hybridized carbons (Fsp3) is 0.471. The molecule has 2 fully saturated rings. The minimum atomic E-state index is -0.870. The second-order valence-corrected chi connectivity index (χ2v) is 6.22. The molecule has 1 aliphatic heterocycles. The molecule has 1 N–H and O–H groups in total. The number of carbonyl (C=O) groups is 3. The second-order valence-electron chi connectivity index (χ2n) is 6.22. The Labute approximate surface area is 133 Å². The number of amides is 3. The monoisotopic (exact) mass is 318 g/mol. The van der Waals surface area contributed by atoms with E-state index in [1.54, 1.807) is 6.92 Å². The van der Waals surface area contributed by atoms with Gasteiger partial charge in [0.05, 0.1) is 11.8 Å². The molecule has 3 amide bonds. The first-order valence-electron chi connectivity index (χ1n) is 7.92. The number of benzene rings is 1. The van der Waals surface area contributed by atoms with Gasteiger partial charge in [-0.05, 0) is 44.0 Å². The van der Waals surface area contributed by atoms with Crippen LogP contribution in [0, 0.1) is 17.7 Å². The van der Waals surface area contributed by atoms with Gasteiger partial charge in [0.15, 0.2) is 0 Å². The molecule has 5 nitrogen and oxygen atoms in total. The molecule has 2 aliphatic rings. The van der Waals surface area contributed by atoms with Gasteiger partial charge in [0.1, 0.15) is 11.9 Å². The van der Waals surface area contributed by atoms with Crippen LogP contribution in [0.25, 0.3) is 0 Å². The third-order valence-electron chi connectivity index (χ3n) is 4.75. The largest absolute Gasteiger partial charge is 0.324 e. The van der Waals surface area contributed by atoms with E-state index in [-0.39, 0.29) is 23.7 Å². The van der Waals surface area contributed by atoms with E-state index in [2.05, 4.69) is 5.32 Å². The van der Waals surface area contributed by atoms with Crippen LogP contribution >= 0.6 is 0 Å². The van der Waals surface area contributed by atoms with Gasteiger partial charge in [-0.1, -0.05) is 12.8 Å². The van der Waals surface area contributed by atoms with Crippen LogP contribution in [0.5, 0.6) is 0 Å². The molecule has 0 bridgehead atoms. The van der Waals surface area contributed by atoms with Gasteiger partial charge < -0.3 is 5.32 Å². The third kappa shape index (κ3) is 2.85. The molecule has 0 aromatic heterocycles. The van der Waals surface area contributed by atoms with Crippen molar-refractivity contribution in [3.8, 4) is 0 Å². The highest BCUT2D eigenvalue weighted by molar-refractivity contribution is 6.09. The van der Waals surface area contributed by atoms with Crippen LogP contribution in [0.2, 0.25) is 0 Å². The van der Waals surface area contributed by atoms with Crippen LogP contribution in [0.4, 0.5) is 10.1 Å². The molecular weight excluding hydrogens is 299 g/mol. The number of likely N-dealkylation sites (tertiary alicyclic amines) is 1. The van der Waals surface area contributed by atoms with Gasteiger partial charge >= 0.3 is 0 Å². The maximum Gasteiger partial charge on any atom is 0.247 e. The van der Waals surface area contributed by atoms with Crippen LogP contribution in [-0.4, -0.2) is 28.7 Å². The highest BCUT2D eigenvalue weighted by Crippen LogP contribution is 2.38. The lowest BCUT2D eigenvalue weighted by molar-refractivity contribution is -0.146. The molecule has 6 heteroatoms. The first kappa shape index (κ1) is 15.6. The van der Waals surface area contributed by atoms with E-state index < -0.39 is 17.8 Å². The van der Waals surface area contributed by atoms with E-state index in [4.69, 9.17) is 0 Å². The highest BCUT2D eigenvalue weighted by atomic mass is 19.1. The van der Waals surface area contributed by atoms with Gasteiger partial charge in [0.2, 0.25) is 17.7 Å². The van der Waals surface area contributed by atoms with E-state index in [1.807, 2.05) is 0 Å². The summed E-state index contributed by atoms with van der Waals surface area (Å²) in [7, 11) is 0. The smallest absolute Gasteiger partial charge is 0.247 e. The number of halogens is 1. The maximum atomic E-state index is 12.9. The molecular formula is C17H19FN2O3. The minimum Gasteiger partial charge on any atom is -0.324 e. The molecule has 0 radical (unpaired) electrons. The zero-order valence-corrected chi connectivity index (χ0v) is 12.9. The summed E-state index contributed by atoms with van der Waals surface area (Å²) in [6, 6.07) is 4.48. The van der Waals surface area contributed by atoms with E-state index in [1.165, 1.54) is 24.3 Å². The molecule has 3 atom stereocenters. The number of carbonyl (C=O) groups excluding carboxylic acids is 3. The molecule has 1 saturated carbocycles. The third-order valence-corrected chi connectivity index (χ3v) is 4.75. The Hall–Kier alpha value is -2.24. The van der Waals surface area contributed by atoms with E-state index in [9.17, 15) is 18.8 Å². The summed E-state index contributed by atoms with van der Waals surface area (Å²) < 4.78 is 12.9. The first-order chi connectivity index (χ1) is 11.0. The van der Waals surface area contributed by atoms with Crippen molar-refractivity contribution < 1.29 is 18.8 Å². The average Bonchev–Trinajstić information content (AvgIpc) is 2.81. The van der Waals surface area contributed by atoms with Crippen molar-refractivity contribution in [3.63, 3.8) is 0 Å². The van der Waals surface area contributed by atoms with E-state index in [0.29, 0.717) is 5.69 Å². The lowest BCUT2D eigenvalue weighted by atomic mass is 9.81. The standard InChI is InChI=1S/C17H19FN2O3/c1-10(15(21)19-12-8-6-11(18)7-9-12)20-16(22)13-4-2-3-5-14(13)17(20)23/h6-10,13-14H,2-5H2,1H3,(H,19,21). The number of hydrogen-bond donors (Lipinski definition) is 1. The Bertz CT molecular complexity index is 620. The van der Waals surface area contributed by atoms with Crippen LogP contribution in [0.1, 0.15) is 32.6 Å². The molecule has 1 aromatic carbocycles. The maximum absolute atomic E-state index is 12.9. The molecule has 0 spiro atoms. The van der Waals surface area contributed by atoms with Crippen LogP contribution in [-0.2, 0) is 14.4 Å². The van der Waals surface area contributed by atoms with Crippen molar-refractivity contribution in [2.75, 3.05) is 5.32 Å². The number of rotatable bonds is 3. The van der Waals surface area contributed by atoms with Crippen LogP contribution < -0.4 is 5.32 Å². The number of nitrogens with one attached hydrogen (secondary N) is 1. The first-order valence-corrected chi connectivity index (χ1v) is 7.92. The fourth-order valence-electron chi connectivity index (χ4n) is 3.47. The SMILES string of the molecule is CC(C(=O)Nc1ccc(F)cc1)N1C(=O)C2CCCCC2C1=O. The molecule has 23 heavy (non-hydrogen) atoms. The zero-order chi connectivity index (χ0) is 16.6. The molecule has 3 rings (SSSR count). The van der Waals surface area contributed by atoms with Crippen molar-refractivity contribution in [1.82, 2.24) is 4.90 Å². The van der Waals surface area contributed by atoms with Crippen molar-refractivity contribution >= 4 is 23.4 Å². The topological polar surface area (TPSA) is 66.5 Å². The highest BCUT2D eigenvalue weighted by Gasteiger charge is 2.50. The summed E-state index contributed by atoms with van der Waals surface area (Å²) in [5.74, 6) is -1.85. The average molecular weight is 318 g/mol. The summed E-state index contributed by atoms with van der Waals surface area (Å²) in [5, 5.41) is 2.62. The number of hydrogen-bond acceptors (Lipinski definition) is 3. The van der Waals surface area contributed by atoms with Gasteiger partial charge in [-0.2, -0.15) is 0 Å². The Kier molecular flexibility index (Phi) is 4.15. The summed E-state index contributed by atoms with van der Waals surface area (Å²) in [6.45, 7) is 1.55. The molecule has 1 heterocycles. The summed E-state index contributed by atoms with van der Waals surface area (Å²) in [4.78, 5) is 38.4. The Morgan fingerprint density at radius 3 is 2.17 bits per heavy atom. The Morgan fingerprint density at radius 2 is 1.65 bits per heavy atom. The van der Waals surface area contributed by atoms with E-state index >= 15 is 0 Å². The molecule has 122 valence electrons. The normalized spacial score (nSPS) is 25.2. The van der Waals surface area contributed by atoms with Crippen molar-refractivity contribution in [2.45, 2.75) is 38.6 Å². The Balaban J connectivity index is 1.72. The summed E-state index contributed by atoms with van der Waals surface area (Å²) in [6.07, 6.45) is 3.34. The number of nitrogens with zero attached hydrogens (tertiary/aromatic N) is 1. The number of anilines is 1. The lowest BCUT2D eigenvalue weighted by Gasteiger charge is -2.22. The van der Waals surface area contributed by atoms with Gasteiger partial charge in [0.25, 0.3) is 0 Å². The predicted octanol–water partition coefficient (Wildman–Crippen LogP) is 2.33. The number of fused-ring (bicyclic) bond motifs is 1. The summed E-state index contributed by atoms with van der Waals surface area (Å²) >= 11 is 0. The van der Waals surface area contributed by atoms with Crippen LogP contribution in [0.3, 0.4) is 0 Å². The fourth-order valence-corrected chi connectivity index (χ4v) is 3.47. The molecule has 1 saturated heterocycles. The molecule has 1 aromatic rings. The van der Waals surface area contributed by atoms with Crippen molar-refractivity contribution in [1.29, 1.82) is 0 Å².